The second-order valence-corrected chi connectivity index (χ2v) is 4.07. The quantitative estimate of drug-likeness (QED) is 0.644. The van der Waals surface area contributed by atoms with Crippen molar-refractivity contribution in [2.45, 2.75) is 38.6 Å². The minimum atomic E-state index is 0.0637. The fourth-order valence-electron chi connectivity index (χ4n) is 2.02. The highest BCUT2D eigenvalue weighted by Gasteiger charge is 2.32. The molecular weight excluding hydrogens is 138 g/mol. The maximum absolute atomic E-state index is 9.20. The topological polar surface area (TPSA) is 32.3 Å². The second-order valence-electron chi connectivity index (χ2n) is 4.07. The zero-order valence-corrected chi connectivity index (χ0v) is 7.56. The summed E-state index contributed by atoms with van der Waals surface area (Å²) in [5.74, 6) is 0.674. The molecule has 0 bridgehead atoms. The molecule has 0 spiro atoms. The van der Waals surface area contributed by atoms with E-state index in [0.717, 1.165) is 19.4 Å². The molecule has 0 saturated carbocycles. The third-order valence-electron chi connectivity index (χ3n) is 2.43. The number of aliphatic hydroxyl groups excluding tert-OH is 1. The Balaban J connectivity index is 2.45. The summed E-state index contributed by atoms with van der Waals surface area (Å²) >= 11 is 0. The van der Waals surface area contributed by atoms with Crippen molar-refractivity contribution in [3.8, 4) is 0 Å². The fourth-order valence-corrected chi connectivity index (χ4v) is 2.02. The van der Waals surface area contributed by atoms with E-state index in [9.17, 15) is 5.11 Å². The molecule has 0 radical (unpaired) electrons. The largest absolute Gasteiger partial charge is 0.394 e. The highest BCUT2D eigenvalue weighted by Crippen LogP contribution is 2.25. The first-order valence-electron chi connectivity index (χ1n) is 4.54. The zero-order valence-electron chi connectivity index (χ0n) is 7.56. The summed E-state index contributed by atoms with van der Waals surface area (Å²) in [7, 11) is 0. The summed E-state index contributed by atoms with van der Waals surface area (Å²) < 4.78 is 0. The Bertz CT molecular complexity index is 117. The minimum Gasteiger partial charge on any atom is -0.394 e. The molecule has 0 amide bonds. The van der Waals surface area contributed by atoms with E-state index in [-0.39, 0.29) is 5.54 Å². The van der Waals surface area contributed by atoms with Gasteiger partial charge in [-0.05, 0) is 31.7 Å². The van der Waals surface area contributed by atoms with Crippen LogP contribution in [0.25, 0.3) is 0 Å². The van der Waals surface area contributed by atoms with Crippen LogP contribution >= 0.6 is 0 Å². The van der Waals surface area contributed by atoms with Gasteiger partial charge in [-0.1, -0.05) is 13.8 Å². The first-order valence-corrected chi connectivity index (χ1v) is 4.54. The van der Waals surface area contributed by atoms with Gasteiger partial charge in [0.05, 0.1) is 6.61 Å². The van der Waals surface area contributed by atoms with Crippen molar-refractivity contribution in [2.24, 2.45) is 5.92 Å². The van der Waals surface area contributed by atoms with Gasteiger partial charge in [0.15, 0.2) is 0 Å². The van der Waals surface area contributed by atoms with Gasteiger partial charge in [-0.15, -0.1) is 0 Å². The Kier molecular flexibility index (Phi) is 2.90. The average Bonchev–Trinajstić information content (AvgIpc) is 2.36. The van der Waals surface area contributed by atoms with E-state index < -0.39 is 0 Å². The fraction of sp³-hybridized carbons (Fsp3) is 1.00. The summed E-state index contributed by atoms with van der Waals surface area (Å²) in [6.45, 7) is 5.78. The van der Waals surface area contributed by atoms with Crippen molar-refractivity contribution in [2.75, 3.05) is 13.2 Å². The van der Waals surface area contributed by atoms with Crippen LogP contribution in [0.15, 0.2) is 0 Å². The first kappa shape index (κ1) is 9.01. The molecule has 0 unspecified atom stereocenters. The molecule has 0 aromatic heterocycles. The van der Waals surface area contributed by atoms with Gasteiger partial charge >= 0.3 is 0 Å². The van der Waals surface area contributed by atoms with Crippen LogP contribution in [-0.2, 0) is 0 Å². The van der Waals surface area contributed by atoms with Crippen LogP contribution in [-0.4, -0.2) is 23.8 Å². The molecule has 1 aliphatic heterocycles. The zero-order chi connectivity index (χ0) is 8.32. The van der Waals surface area contributed by atoms with Crippen molar-refractivity contribution in [3.05, 3.63) is 0 Å². The van der Waals surface area contributed by atoms with Crippen molar-refractivity contribution in [1.29, 1.82) is 0 Å². The molecular formula is C9H19NO. The highest BCUT2D eigenvalue weighted by molar-refractivity contribution is 4.92. The van der Waals surface area contributed by atoms with E-state index in [1.807, 2.05) is 0 Å². The normalized spacial score (nSPS) is 31.6. The van der Waals surface area contributed by atoms with Crippen LogP contribution in [0.5, 0.6) is 0 Å². The van der Waals surface area contributed by atoms with Crippen molar-refractivity contribution in [3.63, 3.8) is 0 Å². The maximum Gasteiger partial charge on any atom is 0.0613 e. The van der Waals surface area contributed by atoms with Gasteiger partial charge in [0.1, 0.15) is 0 Å². The molecule has 0 aliphatic carbocycles. The summed E-state index contributed by atoms with van der Waals surface area (Å²) in [5.41, 5.74) is 0.0637. The number of rotatable bonds is 3. The molecule has 2 nitrogen and oxygen atoms in total. The Morgan fingerprint density at radius 3 is 2.64 bits per heavy atom. The SMILES string of the molecule is CC(C)C[C@@]1(CO)CCCN1. The van der Waals surface area contributed by atoms with E-state index in [1.165, 1.54) is 6.42 Å². The predicted molar refractivity (Wildman–Crippen MR) is 46.5 cm³/mol. The summed E-state index contributed by atoms with van der Waals surface area (Å²) in [6.07, 6.45) is 3.46. The van der Waals surface area contributed by atoms with E-state index in [4.69, 9.17) is 0 Å². The number of hydrogen-bond donors (Lipinski definition) is 2. The lowest BCUT2D eigenvalue weighted by atomic mass is 9.88. The van der Waals surface area contributed by atoms with Gasteiger partial charge in [-0.2, -0.15) is 0 Å². The van der Waals surface area contributed by atoms with Gasteiger partial charge in [-0.25, -0.2) is 0 Å². The summed E-state index contributed by atoms with van der Waals surface area (Å²) in [6, 6.07) is 0. The summed E-state index contributed by atoms with van der Waals surface area (Å²) in [4.78, 5) is 0. The van der Waals surface area contributed by atoms with Crippen molar-refractivity contribution < 1.29 is 5.11 Å². The second kappa shape index (κ2) is 3.55. The molecule has 0 aromatic rings. The van der Waals surface area contributed by atoms with Crippen LogP contribution in [0.4, 0.5) is 0 Å². The molecule has 2 heteroatoms. The van der Waals surface area contributed by atoms with Crippen LogP contribution in [0.2, 0.25) is 0 Å². The number of hydrogen-bond acceptors (Lipinski definition) is 2. The van der Waals surface area contributed by atoms with Gasteiger partial charge < -0.3 is 10.4 Å². The van der Waals surface area contributed by atoms with E-state index in [1.54, 1.807) is 0 Å². The molecule has 1 heterocycles. The van der Waals surface area contributed by atoms with E-state index >= 15 is 0 Å². The lowest BCUT2D eigenvalue weighted by molar-refractivity contribution is 0.156. The average molecular weight is 157 g/mol. The lowest BCUT2D eigenvalue weighted by Crippen LogP contribution is -2.44. The maximum atomic E-state index is 9.20. The minimum absolute atomic E-state index is 0.0637. The van der Waals surface area contributed by atoms with Gasteiger partial charge in [0.25, 0.3) is 0 Å². The van der Waals surface area contributed by atoms with E-state index in [0.29, 0.717) is 12.5 Å². The molecule has 11 heavy (non-hydrogen) atoms. The molecule has 66 valence electrons. The molecule has 0 aromatic carbocycles. The first-order chi connectivity index (χ1) is 5.18. The predicted octanol–water partition coefficient (Wildman–Crippen LogP) is 1.15. The molecule has 1 aliphatic rings. The lowest BCUT2D eigenvalue weighted by Gasteiger charge is -2.28. The smallest absolute Gasteiger partial charge is 0.0613 e. The van der Waals surface area contributed by atoms with E-state index in [2.05, 4.69) is 19.2 Å². The third-order valence-corrected chi connectivity index (χ3v) is 2.43. The van der Waals surface area contributed by atoms with Gasteiger partial charge in [-0.3, -0.25) is 0 Å². The number of nitrogens with one attached hydrogen (secondary N) is 1. The molecule has 1 fully saturated rings. The third kappa shape index (κ3) is 2.17. The Hall–Kier alpha value is -0.0800. The Morgan fingerprint density at radius 2 is 2.27 bits per heavy atom. The van der Waals surface area contributed by atoms with Crippen LogP contribution < -0.4 is 5.32 Å². The molecule has 1 atom stereocenters. The van der Waals surface area contributed by atoms with Gasteiger partial charge in [0, 0.05) is 5.54 Å². The molecule has 1 saturated heterocycles. The standard InChI is InChI=1S/C9H19NO/c1-8(2)6-9(7-11)4-3-5-10-9/h8,10-11H,3-7H2,1-2H3/t9-/m1/s1. The van der Waals surface area contributed by atoms with Crippen molar-refractivity contribution >= 4 is 0 Å². The van der Waals surface area contributed by atoms with Gasteiger partial charge in [0.2, 0.25) is 0 Å². The molecule has 1 rings (SSSR count). The number of aliphatic hydroxyl groups is 1. The monoisotopic (exact) mass is 157 g/mol. The summed E-state index contributed by atoms with van der Waals surface area (Å²) in [5, 5.41) is 12.6. The van der Waals surface area contributed by atoms with Crippen molar-refractivity contribution in [1.82, 2.24) is 5.32 Å². The highest BCUT2D eigenvalue weighted by atomic mass is 16.3. The molecule has 2 N–H and O–H groups in total. The Labute approximate surface area is 69.0 Å². The Morgan fingerprint density at radius 1 is 1.55 bits per heavy atom. The van der Waals surface area contributed by atoms with Crippen LogP contribution in [0.3, 0.4) is 0 Å². The van der Waals surface area contributed by atoms with Crippen LogP contribution in [0, 0.1) is 5.92 Å². The van der Waals surface area contributed by atoms with Crippen LogP contribution in [0.1, 0.15) is 33.1 Å².